The van der Waals surface area contributed by atoms with Crippen LogP contribution < -0.4 is 9.62 Å². The van der Waals surface area contributed by atoms with Crippen LogP contribution in [0.25, 0.3) is 0 Å². The highest BCUT2D eigenvalue weighted by Gasteiger charge is 2.31. The SMILES string of the molecule is CC(C)OCCS(=O)(=O)N[C@H]1C[C@H](C)N(c2ccccc2)C1. The molecule has 1 heterocycles. The Bertz CT molecular complexity index is 560. The van der Waals surface area contributed by atoms with Crippen LogP contribution in [-0.4, -0.2) is 45.5 Å². The molecule has 0 radical (unpaired) electrons. The number of benzene rings is 1. The van der Waals surface area contributed by atoms with Crippen molar-refractivity contribution in [3.05, 3.63) is 30.3 Å². The minimum atomic E-state index is -3.29. The van der Waals surface area contributed by atoms with Crippen molar-refractivity contribution in [1.82, 2.24) is 4.72 Å². The number of anilines is 1. The second kappa shape index (κ2) is 7.44. The second-order valence-corrected chi connectivity index (χ2v) is 8.00. The van der Waals surface area contributed by atoms with E-state index in [1.165, 1.54) is 0 Å². The van der Waals surface area contributed by atoms with Crippen LogP contribution in [0.5, 0.6) is 0 Å². The van der Waals surface area contributed by atoms with E-state index < -0.39 is 10.0 Å². The Kier molecular flexibility index (Phi) is 5.83. The fourth-order valence-electron chi connectivity index (χ4n) is 2.80. The standard InChI is InChI=1S/C16H26N2O3S/c1-13(2)21-9-10-22(19,20)17-15-11-14(3)18(12-15)16-7-5-4-6-8-16/h4-8,13-15,17H,9-12H2,1-3H3/t14-,15-/m0/s1. The van der Waals surface area contributed by atoms with Crippen molar-refractivity contribution < 1.29 is 13.2 Å². The summed E-state index contributed by atoms with van der Waals surface area (Å²) in [6.07, 6.45) is 0.870. The number of hydrogen-bond donors (Lipinski definition) is 1. The molecule has 1 fully saturated rings. The van der Waals surface area contributed by atoms with Gasteiger partial charge in [-0.2, -0.15) is 0 Å². The highest BCUT2D eigenvalue weighted by atomic mass is 32.2. The van der Waals surface area contributed by atoms with E-state index in [1.807, 2.05) is 32.0 Å². The Morgan fingerprint density at radius 1 is 1.32 bits per heavy atom. The molecule has 5 nitrogen and oxygen atoms in total. The molecule has 1 N–H and O–H groups in total. The topological polar surface area (TPSA) is 58.6 Å². The number of ether oxygens (including phenoxy) is 1. The lowest BCUT2D eigenvalue weighted by Gasteiger charge is -2.23. The van der Waals surface area contributed by atoms with Gasteiger partial charge < -0.3 is 9.64 Å². The van der Waals surface area contributed by atoms with E-state index in [0.717, 1.165) is 12.1 Å². The molecule has 1 aromatic carbocycles. The quantitative estimate of drug-likeness (QED) is 0.832. The molecule has 2 atom stereocenters. The average molecular weight is 326 g/mol. The maximum absolute atomic E-state index is 12.1. The van der Waals surface area contributed by atoms with Gasteiger partial charge in [0.1, 0.15) is 0 Å². The third kappa shape index (κ3) is 4.97. The van der Waals surface area contributed by atoms with E-state index in [4.69, 9.17) is 4.74 Å². The molecule has 0 aromatic heterocycles. The first-order chi connectivity index (χ1) is 10.4. The first-order valence-electron chi connectivity index (χ1n) is 7.80. The number of sulfonamides is 1. The summed E-state index contributed by atoms with van der Waals surface area (Å²) in [7, 11) is -3.29. The van der Waals surface area contributed by atoms with Gasteiger partial charge in [0.2, 0.25) is 10.0 Å². The zero-order valence-electron chi connectivity index (χ0n) is 13.5. The average Bonchev–Trinajstić information content (AvgIpc) is 2.79. The van der Waals surface area contributed by atoms with Crippen LogP contribution >= 0.6 is 0 Å². The van der Waals surface area contributed by atoms with Crippen LogP contribution in [0, 0.1) is 0 Å². The summed E-state index contributed by atoms with van der Waals surface area (Å²) in [5, 5.41) is 0. The lowest BCUT2D eigenvalue weighted by molar-refractivity contribution is 0.0911. The predicted molar refractivity (Wildman–Crippen MR) is 89.7 cm³/mol. The van der Waals surface area contributed by atoms with E-state index in [2.05, 4.69) is 28.7 Å². The molecule has 1 aliphatic heterocycles. The molecule has 1 saturated heterocycles. The van der Waals surface area contributed by atoms with E-state index in [0.29, 0.717) is 12.6 Å². The fraction of sp³-hybridized carbons (Fsp3) is 0.625. The number of rotatable bonds is 7. The molecule has 0 spiro atoms. The molecule has 1 aliphatic rings. The Morgan fingerprint density at radius 3 is 2.64 bits per heavy atom. The Labute approximate surface area is 133 Å². The van der Waals surface area contributed by atoms with Gasteiger partial charge in [-0.3, -0.25) is 0 Å². The van der Waals surface area contributed by atoms with Crippen LogP contribution in [0.15, 0.2) is 30.3 Å². The van der Waals surface area contributed by atoms with Gasteiger partial charge in [-0.15, -0.1) is 0 Å². The number of para-hydroxylation sites is 1. The van der Waals surface area contributed by atoms with Gasteiger partial charge in [0.15, 0.2) is 0 Å². The summed E-state index contributed by atoms with van der Waals surface area (Å²) in [4.78, 5) is 2.25. The maximum atomic E-state index is 12.1. The highest BCUT2D eigenvalue weighted by molar-refractivity contribution is 7.89. The molecule has 0 aliphatic carbocycles. The normalized spacial score (nSPS) is 22.5. The first kappa shape index (κ1) is 17.2. The van der Waals surface area contributed by atoms with Crippen LogP contribution in [-0.2, 0) is 14.8 Å². The van der Waals surface area contributed by atoms with Gasteiger partial charge in [0.25, 0.3) is 0 Å². The van der Waals surface area contributed by atoms with Gasteiger partial charge in [-0.05, 0) is 39.3 Å². The van der Waals surface area contributed by atoms with Crippen molar-refractivity contribution in [2.24, 2.45) is 0 Å². The van der Waals surface area contributed by atoms with Gasteiger partial charge in [0, 0.05) is 24.3 Å². The summed E-state index contributed by atoms with van der Waals surface area (Å²) < 4.78 is 32.4. The highest BCUT2D eigenvalue weighted by Crippen LogP contribution is 2.25. The molecule has 0 amide bonds. The minimum Gasteiger partial charge on any atom is -0.378 e. The van der Waals surface area contributed by atoms with Gasteiger partial charge >= 0.3 is 0 Å². The lowest BCUT2D eigenvalue weighted by atomic mass is 10.2. The largest absolute Gasteiger partial charge is 0.378 e. The number of hydrogen-bond acceptors (Lipinski definition) is 4. The molecule has 0 unspecified atom stereocenters. The third-order valence-electron chi connectivity index (χ3n) is 3.81. The molecule has 0 saturated carbocycles. The Morgan fingerprint density at radius 2 is 2.00 bits per heavy atom. The smallest absolute Gasteiger partial charge is 0.214 e. The zero-order chi connectivity index (χ0) is 16.2. The van der Waals surface area contributed by atoms with Gasteiger partial charge in [-0.1, -0.05) is 18.2 Å². The van der Waals surface area contributed by atoms with Crippen molar-refractivity contribution in [3.8, 4) is 0 Å². The van der Waals surface area contributed by atoms with Crippen LogP contribution in [0.1, 0.15) is 27.2 Å². The molecule has 6 heteroatoms. The molecular formula is C16H26N2O3S. The number of nitrogens with zero attached hydrogens (tertiary/aromatic N) is 1. The van der Waals surface area contributed by atoms with Crippen LogP contribution in [0.2, 0.25) is 0 Å². The van der Waals surface area contributed by atoms with Crippen molar-refractivity contribution in [1.29, 1.82) is 0 Å². The van der Waals surface area contributed by atoms with Gasteiger partial charge in [0.05, 0.1) is 18.5 Å². The zero-order valence-corrected chi connectivity index (χ0v) is 14.3. The van der Waals surface area contributed by atoms with E-state index in [-0.39, 0.29) is 24.5 Å². The summed E-state index contributed by atoms with van der Waals surface area (Å²) in [5.74, 6) is 0.0153. The van der Waals surface area contributed by atoms with Crippen LogP contribution in [0.4, 0.5) is 5.69 Å². The lowest BCUT2D eigenvalue weighted by Crippen LogP contribution is -2.39. The minimum absolute atomic E-state index is 0.0153. The Hall–Kier alpha value is -1.11. The predicted octanol–water partition coefficient (Wildman–Crippen LogP) is 2.00. The molecule has 22 heavy (non-hydrogen) atoms. The van der Waals surface area contributed by atoms with Gasteiger partial charge in [-0.25, -0.2) is 13.1 Å². The second-order valence-electron chi connectivity index (χ2n) is 6.13. The van der Waals surface area contributed by atoms with Crippen molar-refractivity contribution in [3.63, 3.8) is 0 Å². The summed E-state index contributed by atoms with van der Waals surface area (Å²) >= 11 is 0. The summed E-state index contributed by atoms with van der Waals surface area (Å²) in [6.45, 7) is 6.86. The third-order valence-corrected chi connectivity index (χ3v) is 5.21. The molecule has 2 rings (SSSR count). The Balaban J connectivity index is 1.89. The summed E-state index contributed by atoms with van der Waals surface area (Å²) in [5.41, 5.74) is 1.14. The van der Waals surface area contributed by atoms with Crippen molar-refractivity contribution in [2.75, 3.05) is 23.8 Å². The van der Waals surface area contributed by atoms with E-state index in [9.17, 15) is 8.42 Å². The van der Waals surface area contributed by atoms with Crippen LogP contribution in [0.3, 0.4) is 0 Å². The maximum Gasteiger partial charge on any atom is 0.214 e. The molecule has 0 bridgehead atoms. The molecule has 1 aromatic rings. The van der Waals surface area contributed by atoms with Crippen molar-refractivity contribution in [2.45, 2.75) is 45.4 Å². The fourth-order valence-corrected chi connectivity index (χ4v) is 3.91. The van der Waals surface area contributed by atoms with E-state index >= 15 is 0 Å². The molecular weight excluding hydrogens is 300 g/mol. The number of nitrogens with one attached hydrogen (secondary N) is 1. The van der Waals surface area contributed by atoms with E-state index in [1.54, 1.807) is 0 Å². The first-order valence-corrected chi connectivity index (χ1v) is 9.46. The summed E-state index contributed by atoms with van der Waals surface area (Å²) in [6, 6.07) is 10.4. The molecule has 124 valence electrons. The van der Waals surface area contributed by atoms with Crippen molar-refractivity contribution >= 4 is 15.7 Å². The monoisotopic (exact) mass is 326 g/mol.